The molecule has 0 fully saturated rings. The summed E-state index contributed by atoms with van der Waals surface area (Å²) in [6, 6.07) is 1.89. The second kappa shape index (κ2) is 4.04. The lowest BCUT2D eigenvalue weighted by molar-refractivity contribution is -0.108. The normalized spacial score (nSPS) is 12.8. The van der Waals surface area contributed by atoms with E-state index in [1.165, 1.54) is 0 Å². The summed E-state index contributed by atoms with van der Waals surface area (Å²) in [5.74, 6) is 1.02. The predicted molar refractivity (Wildman–Crippen MR) is 45.0 cm³/mol. The van der Waals surface area contributed by atoms with Gasteiger partial charge in [0.05, 0.1) is 5.69 Å². The molecule has 1 rings (SSSR count). The van der Waals surface area contributed by atoms with Crippen LogP contribution in [0.1, 0.15) is 37.1 Å². The van der Waals surface area contributed by atoms with E-state index >= 15 is 0 Å². The van der Waals surface area contributed by atoms with Crippen LogP contribution < -0.4 is 0 Å². The molecule has 0 aliphatic rings. The summed E-state index contributed by atoms with van der Waals surface area (Å²) in [5, 5.41) is 3.87. The molecule has 66 valence electrons. The molecule has 0 aliphatic carbocycles. The quantitative estimate of drug-likeness (QED) is 0.644. The van der Waals surface area contributed by atoms with Crippen molar-refractivity contribution in [3.8, 4) is 0 Å². The monoisotopic (exact) mass is 167 g/mol. The van der Waals surface area contributed by atoms with Crippen molar-refractivity contribution in [2.45, 2.75) is 32.6 Å². The van der Waals surface area contributed by atoms with E-state index in [9.17, 15) is 4.79 Å². The van der Waals surface area contributed by atoms with Crippen LogP contribution in [0.25, 0.3) is 0 Å². The van der Waals surface area contributed by atoms with Crippen LogP contribution in [0, 0.1) is 6.92 Å². The zero-order valence-electron chi connectivity index (χ0n) is 7.41. The molecule has 12 heavy (non-hydrogen) atoms. The molecule has 0 aromatic carbocycles. The first-order chi connectivity index (χ1) is 5.77. The molecule has 0 saturated carbocycles. The highest BCUT2D eigenvalue weighted by Crippen LogP contribution is 2.21. The molecule has 0 N–H and O–H groups in total. The molecule has 3 nitrogen and oxygen atoms in total. The van der Waals surface area contributed by atoms with E-state index in [4.69, 9.17) is 4.52 Å². The topological polar surface area (TPSA) is 43.1 Å². The van der Waals surface area contributed by atoms with Gasteiger partial charge < -0.3 is 9.32 Å². The van der Waals surface area contributed by atoms with Crippen LogP contribution in [0.2, 0.25) is 0 Å². The molecule has 1 atom stereocenters. The summed E-state index contributed by atoms with van der Waals surface area (Å²) in [7, 11) is 0. The molecule has 0 radical (unpaired) electrons. The number of aldehydes is 1. The van der Waals surface area contributed by atoms with Crippen LogP contribution in [0.5, 0.6) is 0 Å². The molecule has 0 spiro atoms. The Kier molecular flexibility index (Phi) is 3.02. The fourth-order valence-electron chi connectivity index (χ4n) is 1.19. The minimum absolute atomic E-state index is 0.222. The van der Waals surface area contributed by atoms with Crippen LogP contribution in [0.3, 0.4) is 0 Å². The van der Waals surface area contributed by atoms with E-state index in [1.807, 2.05) is 19.9 Å². The number of aryl methyl sites for hydroxylation is 1. The molecular weight excluding hydrogens is 154 g/mol. The second-order valence-corrected chi connectivity index (χ2v) is 2.87. The zero-order chi connectivity index (χ0) is 8.97. The van der Waals surface area contributed by atoms with Crippen LogP contribution in [-0.2, 0) is 4.79 Å². The lowest BCUT2D eigenvalue weighted by Gasteiger charge is -2.04. The molecule has 0 aliphatic heterocycles. The van der Waals surface area contributed by atoms with Gasteiger partial charge in [0.1, 0.15) is 12.0 Å². The molecule has 0 saturated heterocycles. The van der Waals surface area contributed by atoms with Gasteiger partial charge in [-0.05, 0) is 13.3 Å². The molecule has 1 aromatic rings. The SMILES string of the molecule is CCC(CC=O)c1cc(C)on1. The predicted octanol–water partition coefficient (Wildman–Crippen LogP) is 2.07. The summed E-state index contributed by atoms with van der Waals surface area (Å²) >= 11 is 0. The van der Waals surface area contributed by atoms with Crippen molar-refractivity contribution in [3.05, 3.63) is 17.5 Å². The van der Waals surface area contributed by atoms with Crippen molar-refractivity contribution in [2.75, 3.05) is 0 Å². The van der Waals surface area contributed by atoms with Crippen molar-refractivity contribution in [1.29, 1.82) is 0 Å². The van der Waals surface area contributed by atoms with Crippen LogP contribution in [0.15, 0.2) is 10.6 Å². The van der Waals surface area contributed by atoms with E-state index in [2.05, 4.69) is 5.16 Å². The third kappa shape index (κ3) is 1.94. The Morgan fingerprint density at radius 2 is 2.50 bits per heavy atom. The van der Waals surface area contributed by atoms with Crippen molar-refractivity contribution in [3.63, 3.8) is 0 Å². The molecule has 3 heteroatoms. The van der Waals surface area contributed by atoms with Crippen LogP contribution in [0.4, 0.5) is 0 Å². The van der Waals surface area contributed by atoms with Gasteiger partial charge in [0.15, 0.2) is 0 Å². The van der Waals surface area contributed by atoms with Crippen molar-refractivity contribution in [1.82, 2.24) is 5.16 Å². The maximum Gasteiger partial charge on any atom is 0.133 e. The van der Waals surface area contributed by atoms with Gasteiger partial charge in [-0.15, -0.1) is 0 Å². The van der Waals surface area contributed by atoms with Crippen molar-refractivity contribution < 1.29 is 9.32 Å². The average Bonchev–Trinajstić information content (AvgIpc) is 2.47. The standard InChI is InChI=1S/C9H13NO2/c1-3-8(4-5-11)9-6-7(2)12-10-9/h5-6,8H,3-4H2,1-2H3. The Balaban J connectivity index is 2.72. The fourth-order valence-corrected chi connectivity index (χ4v) is 1.19. The number of carbonyl (C=O) groups excluding carboxylic acids is 1. The van der Waals surface area contributed by atoms with E-state index in [0.717, 1.165) is 24.2 Å². The van der Waals surface area contributed by atoms with Crippen LogP contribution >= 0.6 is 0 Å². The Hall–Kier alpha value is -1.12. The van der Waals surface area contributed by atoms with Crippen LogP contribution in [-0.4, -0.2) is 11.4 Å². The first kappa shape index (κ1) is 8.97. The summed E-state index contributed by atoms with van der Waals surface area (Å²) in [5.41, 5.74) is 0.891. The number of aromatic nitrogens is 1. The zero-order valence-corrected chi connectivity index (χ0v) is 7.41. The van der Waals surface area contributed by atoms with E-state index < -0.39 is 0 Å². The van der Waals surface area contributed by atoms with Crippen molar-refractivity contribution in [2.24, 2.45) is 0 Å². The minimum Gasteiger partial charge on any atom is -0.361 e. The third-order valence-electron chi connectivity index (χ3n) is 1.94. The van der Waals surface area contributed by atoms with E-state index in [0.29, 0.717) is 6.42 Å². The van der Waals surface area contributed by atoms with E-state index in [1.54, 1.807) is 0 Å². The van der Waals surface area contributed by atoms with Gasteiger partial charge in [0, 0.05) is 18.4 Å². The Morgan fingerprint density at radius 1 is 1.75 bits per heavy atom. The third-order valence-corrected chi connectivity index (χ3v) is 1.94. The van der Waals surface area contributed by atoms with E-state index in [-0.39, 0.29) is 5.92 Å². The summed E-state index contributed by atoms with van der Waals surface area (Å²) in [6.07, 6.45) is 2.38. The van der Waals surface area contributed by atoms with Gasteiger partial charge in [-0.2, -0.15) is 0 Å². The Morgan fingerprint density at radius 3 is 2.92 bits per heavy atom. The number of nitrogens with zero attached hydrogens (tertiary/aromatic N) is 1. The highest BCUT2D eigenvalue weighted by molar-refractivity contribution is 5.51. The van der Waals surface area contributed by atoms with Gasteiger partial charge in [0.25, 0.3) is 0 Å². The van der Waals surface area contributed by atoms with Gasteiger partial charge >= 0.3 is 0 Å². The fraction of sp³-hybridized carbons (Fsp3) is 0.556. The van der Waals surface area contributed by atoms with Crippen molar-refractivity contribution >= 4 is 6.29 Å². The smallest absolute Gasteiger partial charge is 0.133 e. The lowest BCUT2D eigenvalue weighted by Crippen LogP contribution is -1.97. The molecular formula is C9H13NO2. The van der Waals surface area contributed by atoms with Gasteiger partial charge in [-0.3, -0.25) is 0 Å². The largest absolute Gasteiger partial charge is 0.361 e. The maximum absolute atomic E-state index is 10.3. The second-order valence-electron chi connectivity index (χ2n) is 2.87. The number of hydrogen-bond acceptors (Lipinski definition) is 3. The maximum atomic E-state index is 10.3. The molecule has 0 bridgehead atoms. The summed E-state index contributed by atoms with van der Waals surface area (Å²) in [6.45, 7) is 3.89. The van der Waals surface area contributed by atoms with Gasteiger partial charge in [0.2, 0.25) is 0 Å². The van der Waals surface area contributed by atoms with Gasteiger partial charge in [-0.1, -0.05) is 12.1 Å². The first-order valence-electron chi connectivity index (χ1n) is 4.14. The summed E-state index contributed by atoms with van der Waals surface area (Å²) < 4.78 is 4.93. The highest BCUT2D eigenvalue weighted by atomic mass is 16.5. The molecule has 1 unspecified atom stereocenters. The average molecular weight is 167 g/mol. The highest BCUT2D eigenvalue weighted by Gasteiger charge is 2.12. The Bertz CT molecular complexity index is 255. The molecule has 1 aromatic heterocycles. The molecule has 1 heterocycles. The Labute approximate surface area is 71.7 Å². The number of hydrogen-bond donors (Lipinski definition) is 0. The first-order valence-corrected chi connectivity index (χ1v) is 4.14. The minimum atomic E-state index is 0.222. The summed E-state index contributed by atoms with van der Waals surface area (Å²) in [4.78, 5) is 10.3. The van der Waals surface area contributed by atoms with Gasteiger partial charge in [-0.25, -0.2) is 0 Å². The molecule has 0 amide bonds. The number of carbonyl (C=O) groups is 1. The lowest BCUT2D eigenvalue weighted by atomic mass is 9.99. The number of rotatable bonds is 4.